The van der Waals surface area contributed by atoms with Gasteiger partial charge in [-0.05, 0) is 30.4 Å². The van der Waals surface area contributed by atoms with Gasteiger partial charge in [-0.2, -0.15) is 10.2 Å². The van der Waals surface area contributed by atoms with Crippen molar-refractivity contribution in [1.82, 2.24) is 10.2 Å². The molecular weight excluding hydrogens is 172 g/mol. The summed E-state index contributed by atoms with van der Waals surface area (Å²) in [6.45, 7) is 7.01. The molecule has 1 heterocycles. The molecule has 0 aliphatic heterocycles. The summed E-state index contributed by atoms with van der Waals surface area (Å²) in [6, 6.07) is 4.10. The first-order chi connectivity index (χ1) is 6.56. The van der Waals surface area contributed by atoms with E-state index in [0.29, 0.717) is 5.41 Å². The summed E-state index contributed by atoms with van der Waals surface area (Å²) in [4.78, 5) is 0. The summed E-state index contributed by atoms with van der Waals surface area (Å²) < 4.78 is 0. The highest BCUT2D eigenvalue weighted by atomic mass is 15.1. The lowest BCUT2D eigenvalue weighted by molar-refractivity contribution is 0.217. The van der Waals surface area contributed by atoms with E-state index in [-0.39, 0.29) is 5.41 Å². The Morgan fingerprint density at radius 2 is 2.00 bits per heavy atom. The molecule has 1 aromatic heterocycles. The Kier molecular flexibility index (Phi) is 2.09. The second-order valence-corrected chi connectivity index (χ2v) is 5.18. The third-order valence-corrected chi connectivity index (χ3v) is 4.11. The second kappa shape index (κ2) is 3.04. The van der Waals surface area contributed by atoms with E-state index in [9.17, 15) is 0 Å². The lowest BCUT2D eigenvalue weighted by Gasteiger charge is -2.37. The predicted molar refractivity (Wildman–Crippen MR) is 57.0 cm³/mol. The molecule has 0 amide bonds. The quantitative estimate of drug-likeness (QED) is 0.680. The summed E-state index contributed by atoms with van der Waals surface area (Å²) in [7, 11) is 0. The Hall–Kier alpha value is -0.920. The normalized spacial score (nSPS) is 30.5. The third-order valence-electron chi connectivity index (χ3n) is 4.11. The molecule has 0 N–H and O–H groups in total. The van der Waals surface area contributed by atoms with E-state index in [2.05, 4.69) is 37.0 Å². The summed E-state index contributed by atoms with van der Waals surface area (Å²) in [5.74, 6) is 0. The molecule has 1 fully saturated rings. The molecule has 1 saturated carbocycles. The highest BCUT2D eigenvalue weighted by Gasteiger charge is 2.47. The smallest absolute Gasteiger partial charge is 0.0695 e. The lowest BCUT2D eigenvalue weighted by atomic mass is 9.67. The minimum Gasteiger partial charge on any atom is -0.159 e. The monoisotopic (exact) mass is 190 g/mol. The van der Waals surface area contributed by atoms with Crippen LogP contribution in [-0.2, 0) is 5.41 Å². The molecule has 0 saturated heterocycles. The van der Waals surface area contributed by atoms with Crippen LogP contribution in [0, 0.1) is 5.41 Å². The molecule has 0 radical (unpaired) electrons. The summed E-state index contributed by atoms with van der Waals surface area (Å²) >= 11 is 0. The standard InChI is InChI=1S/C12H18N2/c1-11(2)7-5-8-12(11,3)10-6-4-9-13-14-10/h4,6,9H,5,7-8H2,1-3H3. The average Bonchev–Trinajstić information content (AvgIpc) is 2.44. The number of aromatic nitrogens is 2. The topological polar surface area (TPSA) is 25.8 Å². The molecule has 0 spiro atoms. The van der Waals surface area contributed by atoms with E-state index in [4.69, 9.17) is 0 Å². The Labute approximate surface area is 85.8 Å². The molecule has 76 valence electrons. The van der Waals surface area contributed by atoms with Gasteiger partial charge >= 0.3 is 0 Å². The van der Waals surface area contributed by atoms with Crippen LogP contribution in [0.2, 0.25) is 0 Å². The van der Waals surface area contributed by atoms with E-state index in [1.165, 1.54) is 19.3 Å². The molecule has 14 heavy (non-hydrogen) atoms. The Bertz CT molecular complexity index is 318. The predicted octanol–water partition coefficient (Wildman–Crippen LogP) is 2.94. The van der Waals surface area contributed by atoms with E-state index in [1.54, 1.807) is 6.20 Å². The van der Waals surface area contributed by atoms with Crippen LogP contribution in [0.5, 0.6) is 0 Å². The van der Waals surface area contributed by atoms with Crippen molar-refractivity contribution < 1.29 is 0 Å². The average molecular weight is 190 g/mol. The number of nitrogens with zero attached hydrogens (tertiary/aromatic N) is 2. The largest absolute Gasteiger partial charge is 0.159 e. The van der Waals surface area contributed by atoms with Crippen LogP contribution in [0.15, 0.2) is 18.3 Å². The fourth-order valence-electron chi connectivity index (χ4n) is 2.57. The van der Waals surface area contributed by atoms with Crippen LogP contribution in [0.1, 0.15) is 45.7 Å². The summed E-state index contributed by atoms with van der Waals surface area (Å²) in [6.07, 6.45) is 5.58. The van der Waals surface area contributed by atoms with Crippen LogP contribution in [0.3, 0.4) is 0 Å². The van der Waals surface area contributed by atoms with Crippen molar-refractivity contribution in [1.29, 1.82) is 0 Å². The highest BCUT2D eigenvalue weighted by Crippen LogP contribution is 2.52. The maximum absolute atomic E-state index is 4.28. The van der Waals surface area contributed by atoms with Gasteiger partial charge in [0.2, 0.25) is 0 Å². The van der Waals surface area contributed by atoms with Crippen molar-refractivity contribution >= 4 is 0 Å². The molecule has 1 aliphatic rings. The van der Waals surface area contributed by atoms with Crippen LogP contribution in [0.4, 0.5) is 0 Å². The zero-order chi connectivity index (χ0) is 10.2. The summed E-state index contributed by atoms with van der Waals surface area (Å²) in [5.41, 5.74) is 1.71. The maximum Gasteiger partial charge on any atom is 0.0695 e. The van der Waals surface area contributed by atoms with E-state index in [0.717, 1.165) is 5.69 Å². The zero-order valence-electron chi connectivity index (χ0n) is 9.25. The SMILES string of the molecule is CC1(C)CCCC1(C)c1cccnn1. The van der Waals surface area contributed by atoms with Gasteiger partial charge in [0.05, 0.1) is 5.69 Å². The van der Waals surface area contributed by atoms with Crippen molar-refractivity contribution in [3.63, 3.8) is 0 Å². The second-order valence-electron chi connectivity index (χ2n) is 5.18. The Balaban J connectivity index is 2.42. The minimum atomic E-state index is 0.210. The minimum absolute atomic E-state index is 0.210. The van der Waals surface area contributed by atoms with Gasteiger partial charge in [-0.1, -0.05) is 27.2 Å². The van der Waals surface area contributed by atoms with Gasteiger partial charge < -0.3 is 0 Å². The number of hydrogen-bond acceptors (Lipinski definition) is 2. The first kappa shape index (κ1) is 9.63. The molecule has 2 heteroatoms. The lowest BCUT2D eigenvalue weighted by Crippen LogP contribution is -2.35. The molecular formula is C12H18N2. The first-order valence-electron chi connectivity index (χ1n) is 5.34. The van der Waals surface area contributed by atoms with Crippen molar-refractivity contribution in [3.8, 4) is 0 Å². The van der Waals surface area contributed by atoms with Crippen LogP contribution >= 0.6 is 0 Å². The molecule has 1 atom stereocenters. The molecule has 1 aliphatic carbocycles. The van der Waals surface area contributed by atoms with E-state index < -0.39 is 0 Å². The van der Waals surface area contributed by atoms with Gasteiger partial charge in [0.15, 0.2) is 0 Å². The van der Waals surface area contributed by atoms with Crippen LogP contribution in [-0.4, -0.2) is 10.2 Å². The fourth-order valence-corrected chi connectivity index (χ4v) is 2.57. The molecule has 1 unspecified atom stereocenters. The number of rotatable bonds is 1. The Morgan fingerprint density at radius 1 is 1.21 bits per heavy atom. The fraction of sp³-hybridized carbons (Fsp3) is 0.667. The van der Waals surface area contributed by atoms with E-state index >= 15 is 0 Å². The third kappa shape index (κ3) is 1.24. The molecule has 2 rings (SSSR count). The first-order valence-corrected chi connectivity index (χ1v) is 5.34. The van der Waals surface area contributed by atoms with Crippen molar-refractivity contribution in [2.75, 3.05) is 0 Å². The van der Waals surface area contributed by atoms with Crippen LogP contribution in [0.25, 0.3) is 0 Å². The van der Waals surface area contributed by atoms with Crippen molar-refractivity contribution in [2.24, 2.45) is 5.41 Å². The van der Waals surface area contributed by atoms with Gasteiger partial charge in [0, 0.05) is 11.6 Å². The molecule has 2 nitrogen and oxygen atoms in total. The zero-order valence-corrected chi connectivity index (χ0v) is 9.25. The molecule has 0 aromatic carbocycles. The van der Waals surface area contributed by atoms with Crippen molar-refractivity contribution in [3.05, 3.63) is 24.0 Å². The Morgan fingerprint density at radius 3 is 2.50 bits per heavy atom. The maximum atomic E-state index is 4.28. The summed E-state index contributed by atoms with van der Waals surface area (Å²) in [5, 5.41) is 8.27. The molecule has 1 aromatic rings. The van der Waals surface area contributed by atoms with E-state index in [1.807, 2.05) is 6.07 Å². The van der Waals surface area contributed by atoms with Gasteiger partial charge in [-0.3, -0.25) is 0 Å². The molecule has 0 bridgehead atoms. The highest BCUT2D eigenvalue weighted by molar-refractivity contribution is 5.20. The number of hydrogen-bond donors (Lipinski definition) is 0. The van der Waals surface area contributed by atoms with Crippen molar-refractivity contribution in [2.45, 2.75) is 45.4 Å². The van der Waals surface area contributed by atoms with Gasteiger partial charge in [-0.25, -0.2) is 0 Å². The van der Waals surface area contributed by atoms with Gasteiger partial charge in [0.1, 0.15) is 0 Å². The van der Waals surface area contributed by atoms with Gasteiger partial charge in [-0.15, -0.1) is 0 Å². The van der Waals surface area contributed by atoms with Crippen LogP contribution < -0.4 is 0 Å². The van der Waals surface area contributed by atoms with Gasteiger partial charge in [0.25, 0.3) is 0 Å².